The predicted octanol–water partition coefficient (Wildman–Crippen LogP) is 1.73. The number of rotatable bonds is 6. The van der Waals surface area contributed by atoms with Gasteiger partial charge in [-0.15, -0.1) is 0 Å². The van der Waals surface area contributed by atoms with Gasteiger partial charge in [-0.3, -0.25) is 14.5 Å². The Bertz CT molecular complexity index is 283. The monoisotopic (exact) mass is 273 g/mol. The van der Waals surface area contributed by atoms with E-state index in [0.717, 1.165) is 31.2 Å². The molecule has 0 aliphatic carbocycles. The third-order valence-corrected chi connectivity index (χ3v) is 4.29. The van der Waals surface area contributed by atoms with Gasteiger partial charge in [0.2, 0.25) is 0 Å². The molecular formula is C13H23NO3S. The van der Waals surface area contributed by atoms with Crippen molar-refractivity contribution in [2.75, 3.05) is 32.5 Å². The van der Waals surface area contributed by atoms with Crippen molar-refractivity contribution in [3.8, 4) is 0 Å². The summed E-state index contributed by atoms with van der Waals surface area (Å²) in [5.41, 5.74) is 0. The van der Waals surface area contributed by atoms with Crippen molar-refractivity contribution in [1.29, 1.82) is 0 Å². The average molecular weight is 273 g/mol. The number of nitrogens with zero attached hydrogens (tertiary/aromatic N) is 1. The molecule has 1 aliphatic heterocycles. The zero-order valence-corrected chi connectivity index (χ0v) is 12.1. The lowest BCUT2D eigenvalue weighted by molar-refractivity contribution is -0.145. The average Bonchev–Trinajstić information content (AvgIpc) is 2.54. The standard InChI is InChI=1S/C13H23NO3S/c1-3-17-13(16)9-11(15)10-14-7-4-5-12(18-2)6-8-14/h12H,3-10H2,1-2H3. The molecule has 0 bridgehead atoms. The largest absolute Gasteiger partial charge is 0.466 e. The Kier molecular flexibility index (Phi) is 7.35. The van der Waals surface area contributed by atoms with Crippen LogP contribution in [-0.4, -0.2) is 54.4 Å². The van der Waals surface area contributed by atoms with Gasteiger partial charge in [0, 0.05) is 5.25 Å². The Hall–Kier alpha value is -0.550. The first kappa shape index (κ1) is 15.5. The third-order valence-electron chi connectivity index (χ3n) is 3.15. The number of ether oxygens (including phenoxy) is 1. The lowest BCUT2D eigenvalue weighted by Crippen LogP contribution is -2.32. The highest BCUT2D eigenvalue weighted by Gasteiger charge is 2.19. The maximum Gasteiger partial charge on any atom is 0.313 e. The van der Waals surface area contributed by atoms with Crippen LogP contribution >= 0.6 is 11.8 Å². The Morgan fingerprint density at radius 3 is 2.78 bits per heavy atom. The molecule has 1 atom stereocenters. The second-order valence-electron chi connectivity index (χ2n) is 4.59. The topological polar surface area (TPSA) is 46.6 Å². The highest BCUT2D eigenvalue weighted by atomic mass is 32.2. The quantitative estimate of drug-likeness (QED) is 0.545. The van der Waals surface area contributed by atoms with E-state index in [-0.39, 0.29) is 12.2 Å². The van der Waals surface area contributed by atoms with E-state index in [9.17, 15) is 9.59 Å². The number of carbonyl (C=O) groups is 2. The molecule has 1 rings (SSSR count). The summed E-state index contributed by atoms with van der Waals surface area (Å²) in [4.78, 5) is 25.1. The molecule has 0 aromatic rings. The van der Waals surface area contributed by atoms with Crippen LogP contribution in [-0.2, 0) is 14.3 Å². The zero-order chi connectivity index (χ0) is 13.4. The molecule has 0 N–H and O–H groups in total. The molecule has 0 spiro atoms. The summed E-state index contributed by atoms with van der Waals surface area (Å²) in [7, 11) is 0. The summed E-state index contributed by atoms with van der Waals surface area (Å²) < 4.78 is 4.78. The second kappa shape index (κ2) is 8.53. The number of likely N-dealkylation sites (tertiary alicyclic amines) is 1. The zero-order valence-electron chi connectivity index (χ0n) is 11.3. The molecule has 1 fully saturated rings. The van der Waals surface area contributed by atoms with Crippen LogP contribution in [0, 0.1) is 0 Å². The van der Waals surface area contributed by atoms with Gasteiger partial charge in [0.15, 0.2) is 5.78 Å². The molecule has 1 heterocycles. The Morgan fingerprint density at radius 2 is 2.11 bits per heavy atom. The molecular weight excluding hydrogens is 250 g/mol. The first-order chi connectivity index (χ1) is 8.65. The minimum atomic E-state index is -0.403. The number of thioether (sulfide) groups is 1. The van der Waals surface area contributed by atoms with Gasteiger partial charge in [0.25, 0.3) is 0 Å². The number of carbonyl (C=O) groups excluding carboxylic acids is 2. The summed E-state index contributed by atoms with van der Waals surface area (Å²) in [6, 6.07) is 0. The van der Waals surface area contributed by atoms with Crippen LogP contribution in [0.15, 0.2) is 0 Å². The molecule has 1 unspecified atom stereocenters. The molecule has 0 amide bonds. The summed E-state index contributed by atoms with van der Waals surface area (Å²) in [6.45, 7) is 4.40. The van der Waals surface area contributed by atoms with Crippen molar-refractivity contribution in [2.45, 2.75) is 37.9 Å². The van der Waals surface area contributed by atoms with E-state index in [1.165, 1.54) is 6.42 Å². The molecule has 18 heavy (non-hydrogen) atoms. The van der Waals surface area contributed by atoms with E-state index < -0.39 is 5.97 Å². The van der Waals surface area contributed by atoms with Crippen LogP contribution in [0.5, 0.6) is 0 Å². The Labute approximate surface area is 113 Å². The van der Waals surface area contributed by atoms with E-state index >= 15 is 0 Å². The van der Waals surface area contributed by atoms with Gasteiger partial charge >= 0.3 is 5.97 Å². The minimum absolute atomic E-state index is 0.0314. The van der Waals surface area contributed by atoms with Gasteiger partial charge in [-0.05, 0) is 45.5 Å². The highest BCUT2D eigenvalue weighted by molar-refractivity contribution is 7.99. The molecule has 0 radical (unpaired) electrons. The summed E-state index contributed by atoms with van der Waals surface area (Å²) >= 11 is 1.91. The van der Waals surface area contributed by atoms with E-state index in [1.807, 2.05) is 11.8 Å². The number of Topliss-reactive ketones (excluding diaryl/α,β-unsaturated/α-hetero) is 1. The normalized spacial score (nSPS) is 21.3. The van der Waals surface area contributed by atoms with Crippen molar-refractivity contribution >= 4 is 23.5 Å². The van der Waals surface area contributed by atoms with E-state index in [2.05, 4.69) is 11.2 Å². The fourth-order valence-corrected chi connectivity index (χ4v) is 2.94. The molecule has 104 valence electrons. The number of esters is 1. The molecule has 1 saturated heterocycles. The van der Waals surface area contributed by atoms with Gasteiger partial charge < -0.3 is 4.74 Å². The third kappa shape index (κ3) is 5.87. The first-order valence-electron chi connectivity index (χ1n) is 6.58. The van der Waals surface area contributed by atoms with Crippen molar-refractivity contribution in [2.24, 2.45) is 0 Å². The molecule has 0 aromatic carbocycles. The maximum atomic E-state index is 11.7. The number of hydrogen-bond donors (Lipinski definition) is 0. The van der Waals surface area contributed by atoms with Crippen molar-refractivity contribution in [1.82, 2.24) is 4.90 Å². The SMILES string of the molecule is CCOC(=O)CC(=O)CN1CCCC(SC)CC1. The Morgan fingerprint density at radius 1 is 1.33 bits per heavy atom. The second-order valence-corrected chi connectivity index (χ2v) is 5.72. The van der Waals surface area contributed by atoms with Crippen LogP contribution in [0.4, 0.5) is 0 Å². The van der Waals surface area contributed by atoms with Crippen LogP contribution in [0.1, 0.15) is 32.6 Å². The highest BCUT2D eigenvalue weighted by Crippen LogP contribution is 2.20. The lowest BCUT2D eigenvalue weighted by Gasteiger charge is -2.18. The van der Waals surface area contributed by atoms with Gasteiger partial charge in [-0.25, -0.2) is 0 Å². The molecule has 5 heteroatoms. The van der Waals surface area contributed by atoms with Gasteiger partial charge in [0.1, 0.15) is 6.42 Å². The van der Waals surface area contributed by atoms with Crippen LogP contribution in [0.3, 0.4) is 0 Å². The molecule has 0 saturated carbocycles. The molecule has 4 nitrogen and oxygen atoms in total. The van der Waals surface area contributed by atoms with Crippen molar-refractivity contribution in [3.05, 3.63) is 0 Å². The van der Waals surface area contributed by atoms with Crippen LogP contribution in [0.2, 0.25) is 0 Å². The summed E-state index contributed by atoms with van der Waals surface area (Å²) in [5.74, 6) is -0.435. The Balaban J connectivity index is 2.29. The van der Waals surface area contributed by atoms with E-state index in [1.54, 1.807) is 6.92 Å². The van der Waals surface area contributed by atoms with Gasteiger partial charge in [-0.2, -0.15) is 11.8 Å². The molecule has 1 aliphatic rings. The predicted molar refractivity (Wildman–Crippen MR) is 73.9 cm³/mol. The smallest absolute Gasteiger partial charge is 0.313 e. The summed E-state index contributed by atoms with van der Waals surface area (Å²) in [5, 5.41) is 0.718. The van der Waals surface area contributed by atoms with E-state index in [0.29, 0.717) is 13.2 Å². The maximum absolute atomic E-state index is 11.7. The minimum Gasteiger partial charge on any atom is -0.466 e. The lowest BCUT2D eigenvalue weighted by atomic mass is 10.2. The van der Waals surface area contributed by atoms with E-state index in [4.69, 9.17) is 4.74 Å². The number of ketones is 1. The van der Waals surface area contributed by atoms with Crippen molar-refractivity contribution < 1.29 is 14.3 Å². The fraction of sp³-hybridized carbons (Fsp3) is 0.846. The number of hydrogen-bond acceptors (Lipinski definition) is 5. The van der Waals surface area contributed by atoms with Crippen LogP contribution < -0.4 is 0 Å². The van der Waals surface area contributed by atoms with Gasteiger partial charge in [0.05, 0.1) is 13.2 Å². The first-order valence-corrected chi connectivity index (χ1v) is 7.87. The fourth-order valence-electron chi connectivity index (χ4n) is 2.20. The van der Waals surface area contributed by atoms with Crippen LogP contribution in [0.25, 0.3) is 0 Å². The van der Waals surface area contributed by atoms with Gasteiger partial charge in [-0.1, -0.05) is 0 Å². The van der Waals surface area contributed by atoms with Crippen molar-refractivity contribution in [3.63, 3.8) is 0 Å². The summed E-state index contributed by atoms with van der Waals surface area (Å²) in [6.07, 6.45) is 5.55. The molecule has 0 aromatic heterocycles.